The summed E-state index contributed by atoms with van der Waals surface area (Å²) in [6.07, 6.45) is 3.40. The van der Waals surface area contributed by atoms with Gasteiger partial charge < -0.3 is 20.3 Å². The summed E-state index contributed by atoms with van der Waals surface area (Å²) in [4.78, 5) is 21.8. The maximum atomic E-state index is 11.5. The van der Waals surface area contributed by atoms with E-state index in [1.807, 2.05) is 0 Å². The number of phenols is 1. The van der Waals surface area contributed by atoms with Crippen molar-refractivity contribution in [1.29, 1.82) is 0 Å². The number of aromatic hydroxyl groups is 1. The van der Waals surface area contributed by atoms with Crippen molar-refractivity contribution < 1.29 is 24.5 Å². The van der Waals surface area contributed by atoms with Gasteiger partial charge in [-0.25, -0.2) is 0 Å². The molecule has 21 heavy (non-hydrogen) atoms. The van der Waals surface area contributed by atoms with Gasteiger partial charge in [0.2, 0.25) is 0 Å². The molecule has 0 fully saturated rings. The zero-order valence-corrected chi connectivity index (χ0v) is 11.9. The van der Waals surface area contributed by atoms with Crippen LogP contribution in [0.2, 0.25) is 0 Å². The first-order valence-electron chi connectivity index (χ1n) is 6.99. The third kappa shape index (κ3) is 7.81. The number of rotatable bonds is 10. The second-order valence-electron chi connectivity index (χ2n) is 4.66. The zero-order valence-electron chi connectivity index (χ0n) is 11.9. The number of amides is 1. The van der Waals surface area contributed by atoms with Gasteiger partial charge in [0, 0.05) is 13.0 Å². The molecule has 0 atom stereocenters. The van der Waals surface area contributed by atoms with Crippen molar-refractivity contribution >= 4 is 11.9 Å². The van der Waals surface area contributed by atoms with E-state index in [0.717, 1.165) is 19.3 Å². The van der Waals surface area contributed by atoms with E-state index in [4.69, 9.17) is 9.84 Å². The quantitative estimate of drug-likeness (QED) is 0.573. The van der Waals surface area contributed by atoms with E-state index in [2.05, 4.69) is 5.32 Å². The average molecular weight is 295 g/mol. The van der Waals surface area contributed by atoms with Crippen LogP contribution in [0.5, 0.6) is 11.5 Å². The highest BCUT2D eigenvalue weighted by atomic mass is 16.5. The predicted octanol–water partition coefficient (Wildman–Crippen LogP) is 1.92. The third-order valence-corrected chi connectivity index (χ3v) is 2.86. The van der Waals surface area contributed by atoms with Gasteiger partial charge in [0.05, 0.1) is 0 Å². The number of carboxylic acids is 1. The third-order valence-electron chi connectivity index (χ3n) is 2.86. The normalized spacial score (nSPS) is 10.1. The summed E-state index contributed by atoms with van der Waals surface area (Å²) < 4.78 is 5.19. The molecule has 6 heteroatoms. The summed E-state index contributed by atoms with van der Waals surface area (Å²) in [5.74, 6) is -0.738. The molecular weight excluding hydrogens is 274 g/mol. The number of benzene rings is 1. The minimum atomic E-state index is -0.774. The van der Waals surface area contributed by atoms with E-state index < -0.39 is 5.97 Å². The first-order valence-corrected chi connectivity index (χ1v) is 6.99. The number of para-hydroxylation sites is 2. The highest BCUT2D eigenvalue weighted by Crippen LogP contribution is 2.23. The van der Waals surface area contributed by atoms with Crippen molar-refractivity contribution in [2.24, 2.45) is 0 Å². The molecule has 0 spiro atoms. The summed E-state index contributed by atoms with van der Waals surface area (Å²) in [6, 6.07) is 6.46. The molecule has 0 saturated carbocycles. The molecule has 0 heterocycles. The highest BCUT2D eigenvalue weighted by molar-refractivity contribution is 5.77. The number of unbranched alkanes of at least 4 members (excludes halogenated alkanes) is 3. The largest absolute Gasteiger partial charge is 0.504 e. The Morgan fingerprint density at radius 1 is 1.10 bits per heavy atom. The zero-order chi connectivity index (χ0) is 15.5. The molecule has 0 radical (unpaired) electrons. The number of ether oxygens (including phenoxy) is 1. The Balaban J connectivity index is 2.04. The molecule has 0 saturated heterocycles. The highest BCUT2D eigenvalue weighted by Gasteiger charge is 2.05. The van der Waals surface area contributed by atoms with Crippen molar-refractivity contribution in [3.8, 4) is 11.5 Å². The lowest BCUT2D eigenvalue weighted by molar-refractivity contribution is -0.137. The maximum absolute atomic E-state index is 11.5. The van der Waals surface area contributed by atoms with Gasteiger partial charge in [0.1, 0.15) is 0 Å². The van der Waals surface area contributed by atoms with Crippen LogP contribution in [-0.4, -0.2) is 35.2 Å². The Morgan fingerprint density at radius 3 is 2.52 bits per heavy atom. The summed E-state index contributed by atoms with van der Waals surface area (Å²) in [7, 11) is 0. The molecule has 0 aliphatic rings. The molecule has 1 aromatic rings. The molecule has 116 valence electrons. The van der Waals surface area contributed by atoms with Gasteiger partial charge in [0.25, 0.3) is 5.91 Å². The lowest BCUT2D eigenvalue weighted by Gasteiger charge is -2.08. The fourth-order valence-electron chi connectivity index (χ4n) is 1.76. The first kappa shape index (κ1) is 16.8. The van der Waals surface area contributed by atoms with E-state index in [9.17, 15) is 14.7 Å². The van der Waals surface area contributed by atoms with Crippen molar-refractivity contribution in [3.63, 3.8) is 0 Å². The van der Waals surface area contributed by atoms with Gasteiger partial charge >= 0.3 is 5.97 Å². The van der Waals surface area contributed by atoms with E-state index in [1.54, 1.807) is 18.2 Å². The molecule has 1 rings (SSSR count). The monoisotopic (exact) mass is 295 g/mol. The minimum absolute atomic E-state index is 0.00345. The summed E-state index contributed by atoms with van der Waals surface area (Å²) in [6.45, 7) is 0.395. The standard InChI is InChI=1S/C15H21NO5/c17-12-7-4-5-8-13(12)21-11-14(18)16-10-6-2-1-3-9-15(19)20/h4-5,7-8,17H,1-3,6,9-11H2,(H,16,18)(H,19,20). The Morgan fingerprint density at radius 2 is 1.81 bits per heavy atom. The molecule has 0 unspecified atom stereocenters. The fourth-order valence-corrected chi connectivity index (χ4v) is 1.76. The van der Waals surface area contributed by atoms with E-state index in [0.29, 0.717) is 13.0 Å². The van der Waals surface area contributed by atoms with Crippen molar-refractivity contribution in [2.45, 2.75) is 32.1 Å². The van der Waals surface area contributed by atoms with Crippen molar-refractivity contribution in [3.05, 3.63) is 24.3 Å². The van der Waals surface area contributed by atoms with Gasteiger partial charge in [-0.3, -0.25) is 9.59 Å². The van der Waals surface area contributed by atoms with Crippen LogP contribution in [0, 0.1) is 0 Å². The number of aliphatic carboxylic acids is 1. The number of carboxylic acid groups (broad SMARTS) is 1. The smallest absolute Gasteiger partial charge is 0.303 e. The van der Waals surface area contributed by atoms with Gasteiger partial charge in [-0.05, 0) is 25.0 Å². The summed E-state index contributed by atoms with van der Waals surface area (Å²) in [5.41, 5.74) is 0. The molecule has 0 bridgehead atoms. The van der Waals surface area contributed by atoms with Crippen molar-refractivity contribution in [2.75, 3.05) is 13.2 Å². The number of phenolic OH excluding ortho intramolecular Hbond substituents is 1. The number of hydrogen-bond acceptors (Lipinski definition) is 4. The molecule has 1 aromatic carbocycles. The van der Waals surface area contributed by atoms with Crippen LogP contribution >= 0.6 is 0 Å². The van der Waals surface area contributed by atoms with Gasteiger partial charge in [0.15, 0.2) is 18.1 Å². The number of nitrogens with one attached hydrogen (secondary N) is 1. The Labute approximate surface area is 123 Å². The van der Waals surface area contributed by atoms with Crippen LogP contribution < -0.4 is 10.1 Å². The second kappa shape index (κ2) is 9.63. The van der Waals surface area contributed by atoms with Gasteiger partial charge in [-0.1, -0.05) is 25.0 Å². The number of carbonyl (C=O) groups is 2. The lowest BCUT2D eigenvalue weighted by atomic mass is 10.1. The number of carbonyl (C=O) groups excluding carboxylic acids is 1. The SMILES string of the molecule is O=C(O)CCCCCCNC(=O)COc1ccccc1O. The van der Waals surface area contributed by atoms with E-state index in [-0.39, 0.29) is 30.4 Å². The molecule has 0 aliphatic carbocycles. The Hall–Kier alpha value is -2.24. The first-order chi connectivity index (χ1) is 10.1. The lowest BCUT2D eigenvalue weighted by Crippen LogP contribution is -2.29. The van der Waals surface area contributed by atoms with Crippen LogP contribution in [0.3, 0.4) is 0 Å². The molecular formula is C15H21NO5. The Bertz CT molecular complexity index is 461. The van der Waals surface area contributed by atoms with Gasteiger partial charge in [-0.15, -0.1) is 0 Å². The molecule has 1 amide bonds. The minimum Gasteiger partial charge on any atom is -0.504 e. The van der Waals surface area contributed by atoms with Crippen LogP contribution in [-0.2, 0) is 9.59 Å². The van der Waals surface area contributed by atoms with Gasteiger partial charge in [-0.2, -0.15) is 0 Å². The van der Waals surface area contributed by atoms with E-state index >= 15 is 0 Å². The van der Waals surface area contributed by atoms with Crippen LogP contribution in [0.4, 0.5) is 0 Å². The maximum Gasteiger partial charge on any atom is 0.303 e. The average Bonchev–Trinajstić information content (AvgIpc) is 2.45. The van der Waals surface area contributed by atoms with Crippen molar-refractivity contribution in [1.82, 2.24) is 5.32 Å². The Kier molecular flexibility index (Phi) is 7.71. The topological polar surface area (TPSA) is 95.9 Å². The van der Waals surface area contributed by atoms with Crippen LogP contribution in [0.1, 0.15) is 32.1 Å². The summed E-state index contributed by atoms with van der Waals surface area (Å²) in [5, 5.41) is 20.6. The molecule has 0 aliphatic heterocycles. The van der Waals surface area contributed by atoms with E-state index in [1.165, 1.54) is 6.07 Å². The van der Waals surface area contributed by atoms with Crippen LogP contribution in [0.25, 0.3) is 0 Å². The van der Waals surface area contributed by atoms with Crippen LogP contribution in [0.15, 0.2) is 24.3 Å². The second-order valence-corrected chi connectivity index (χ2v) is 4.66. The molecule has 0 aromatic heterocycles. The molecule has 6 nitrogen and oxygen atoms in total. The molecule has 3 N–H and O–H groups in total. The summed E-state index contributed by atoms with van der Waals surface area (Å²) >= 11 is 0. The fraction of sp³-hybridized carbons (Fsp3) is 0.467. The predicted molar refractivity (Wildman–Crippen MR) is 77.3 cm³/mol. The number of hydrogen-bond donors (Lipinski definition) is 3.